The Morgan fingerprint density at radius 1 is 0.947 bits per heavy atom. The molecular weight excluding hydrogens is 232 g/mol. The lowest BCUT2D eigenvalue weighted by molar-refractivity contribution is 0.764. The van der Waals surface area contributed by atoms with Crippen LogP contribution in [0, 0.1) is 6.92 Å². The summed E-state index contributed by atoms with van der Waals surface area (Å²) in [6, 6.07) is 17.3. The van der Waals surface area contributed by atoms with Gasteiger partial charge in [0.1, 0.15) is 0 Å². The molecule has 1 unspecified atom stereocenters. The second-order valence-corrected chi connectivity index (χ2v) is 4.97. The summed E-state index contributed by atoms with van der Waals surface area (Å²) in [7, 11) is 0. The van der Waals surface area contributed by atoms with Crippen LogP contribution in [0.1, 0.15) is 25.8 Å². The zero-order valence-electron chi connectivity index (χ0n) is 11.9. The van der Waals surface area contributed by atoms with Gasteiger partial charge in [-0.1, -0.05) is 25.1 Å². The molecule has 19 heavy (non-hydrogen) atoms. The summed E-state index contributed by atoms with van der Waals surface area (Å²) < 4.78 is 0. The highest BCUT2D eigenvalue weighted by Gasteiger charge is 2.00. The van der Waals surface area contributed by atoms with Crippen molar-refractivity contribution in [3.8, 4) is 0 Å². The fourth-order valence-corrected chi connectivity index (χ4v) is 1.91. The number of rotatable bonds is 5. The summed E-state index contributed by atoms with van der Waals surface area (Å²) in [5.41, 5.74) is 4.70. The maximum atomic E-state index is 3.47. The van der Waals surface area contributed by atoms with Gasteiger partial charge in [0.05, 0.1) is 0 Å². The molecule has 2 heteroatoms. The van der Waals surface area contributed by atoms with Crippen molar-refractivity contribution in [2.75, 3.05) is 10.6 Å². The molecule has 0 aliphatic carbocycles. The molecule has 0 saturated heterocycles. The molecule has 0 amide bonds. The van der Waals surface area contributed by atoms with Crippen molar-refractivity contribution < 1.29 is 0 Å². The maximum Gasteiger partial charge on any atom is 0.0413 e. The highest BCUT2D eigenvalue weighted by Crippen LogP contribution is 2.21. The fourth-order valence-electron chi connectivity index (χ4n) is 1.91. The molecule has 0 aromatic heterocycles. The van der Waals surface area contributed by atoms with E-state index in [0.29, 0.717) is 6.04 Å². The van der Waals surface area contributed by atoms with Crippen LogP contribution in [-0.4, -0.2) is 6.04 Å². The number of benzene rings is 2. The molecule has 0 saturated carbocycles. The van der Waals surface area contributed by atoms with E-state index in [0.717, 1.165) is 17.8 Å². The number of hydrogen-bond donors (Lipinski definition) is 2. The number of anilines is 3. The molecule has 100 valence electrons. The Balaban J connectivity index is 2.05. The first-order valence-electron chi connectivity index (χ1n) is 6.88. The van der Waals surface area contributed by atoms with Crippen LogP contribution < -0.4 is 10.6 Å². The highest BCUT2D eigenvalue weighted by atomic mass is 14.9. The molecule has 2 N–H and O–H groups in total. The van der Waals surface area contributed by atoms with Crippen molar-refractivity contribution in [2.45, 2.75) is 33.2 Å². The summed E-state index contributed by atoms with van der Waals surface area (Å²) in [4.78, 5) is 0. The quantitative estimate of drug-likeness (QED) is 0.789. The third-order valence-corrected chi connectivity index (χ3v) is 3.33. The molecule has 0 aliphatic rings. The average Bonchev–Trinajstić information content (AvgIpc) is 2.43. The lowest BCUT2D eigenvalue weighted by atomic mass is 10.2. The third kappa shape index (κ3) is 3.75. The number of aryl methyl sites for hydroxylation is 1. The molecule has 2 aromatic carbocycles. The first kappa shape index (κ1) is 13.5. The van der Waals surface area contributed by atoms with Crippen LogP contribution in [0.3, 0.4) is 0 Å². The zero-order valence-corrected chi connectivity index (χ0v) is 11.9. The van der Waals surface area contributed by atoms with Crippen LogP contribution in [0.15, 0.2) is 48.5 Å². The van der Waals surface area contributed by atoms with Crippen molar-refractivity contribution in [3.63, 3.8) is 0 Å². The minimum absolute atomic E-state index is 0.509. The highest BCUT2D eigenvalue weighted by molar-refractivity contribution is 5.64. The van der Waals surface area contributed by atoms with Crippen LogP contribution in [0.25, 0.3) is 0 Å². The summed E-state index contributed by atoms with van der Waals surface area (Å²) in [6.45, 7) is 6.49. The van der Waals surface area contributed by atoms with Crippen molar-refractivity contribution >= 4 is 17.1 Å². The van der Waals surface area contributed by atoms with Gasteiger partial charge in [0.25, 0.3) is 0 Å². The Morgan fingerprint density at radius 3 is 2.21 bits per heavy atom. The van der Waals surface area contributed by atoms with Gasteiger partial charge in [-0.3, -0.25) is 0 Å². The number of para-hydroxylation sites is 1. The van der Waals surface area contributed by atoms with Gasteiger partial charge in [-0.15, -0.1) is 0 Å². The number of nitrogens with one attached hydrogen (secondary N) is 2. The average molecular weight is 254 g/mol. The third-order valence-electron chi connectivity index (χ3n) is 3.33. The summed E-state index contributed by atoms with van der Waals surface area (Å²) >= 11 is 0. The molecule has 0 heterocycles. The van der Waals surface area contributed by atoms with Gasteiger partial charge in [-0.05, 0) is 56.2 Å². The van der Waals surface area contributed by atoms with E-state index in [4.69, 9.17) is 0 Å². The van der Waals surface area contributed by atoms with E-state index in [1.54, 1.807) is 0 Å². The van der Waals surface area contributed by atoms with Gasteiger partial charge in [-0.25, -0.2) is 0 Å². The normalized spacial score (nSPS) is 11.9. The van der Waals surface area contributed by atoms with E-state index in [1.807, 2.05) is 6.07 Å². The molecule has 2 rings (SSSR count). The predicted octanol–water partition coefficient (Wildman–Crippen LogP) is 4.95. The second-order valence-electron chi connectivity index (χ2n) is 4.97. The monoisotopic (exact) mass is 254 g/mol. The molecule has 2 nitrogen and oxygen atoms in total. The van der Waals surface area contributed by atoms with Crippen molar-refractivity contribution in [3.05, 3.63) is 54.1 Å². The van der Waals surface area contributed by atoms with Crippen LogP contribution in [0.4, 0.5) is 17.1 Å². The topological polar surface area (TPSA) is 24.1 Å². The Bertz CT molecular complexity index is 517. The van der Waals surface area contributed by atoms with E-state index in [1.165, 1.54) is 11.3 Å². The molecular formula is C17H22N2. The molecule has 1 atom stereocenters. The van der Waals surface area contributed by atoms with E-state index < -0.39 is 0 Å². The lowest BCUT2D eigenvalue weighted by Crippen LogP contribution is -2.13. The Kier molecular flexibility index (Phi) is 4.45. The van der Waals surface area contributed by atoms with E-state index >= 15 is 0 Å². The minimum atomic E-state index is 0.509. The van der Waals surface area contributed by atoms with Gasteiger partial charge in [0.2, 0.25) is 0 Å². The Labute approximate surface area is 115 Å². The van der Waals surface area contributed by atoms with Crippen molar-refractivity contribution in [1.82, 2.24) is 0 Å². The lowest BCUT2D eigenvalue weighted by Gasteiger charge is -2.14. The summed E-state index contributed by atoms with van der Waals surface area (Å²) in [6.07, 6.45) is 1.13. The minimum Gasteiger partial charge on any atom is -0.383 e. The largest absolute Gasteiger partial charge is 0.383 e. The second kappa shape index (κ2) is 6.28. The zero-order chi connectivity index (χ0) is 13.7. The van der Waals surface area contributed by atoms with Crippen molar-refractivity contribution in [2.24, 2.45) is 0 Å². The smallest absolute Gasteiger partial charge is 0.0413 e. The molecule has 2 aromatic rings. The SMILES string of the molecule is CCC(C)Nc1ccc(Nc2ccccc2C)cc1. The van der Waals surface area contributed by atoms with Crippen LogP contribution in [0.2, 0.25) is 0 Å². The fraction of sp³-hybridized carbons (Fsp3) is 0.294. The first-order valence-corrected chi connectivity index (χ1v) is 6.88. The molecule has 0 radical (unpaired) electrons. The van der Waals surface area contributed by atoms with Crippen LogP contribution in [0.5, 0.6) is 0 Å². The first-order chi connectivity index (χ1) is 9.19. The van der Waals surface area contributed by atoms with E-state index in [9.17, 15) is 0 Å². The van der Waals surface area contributed by atoms with Crippen LogP contribution >= 0.6 is 0 Å². The Hall–Kier alpha value is -1.96. The van der Waals surface area contributed by atoms with Gasteiger partial charge >= 0.3 is 0 Å². The summed E-state index contributed by atoms with van der Waals surface area (Å²) in [5.74, 6) is 0. The van der Waals surface area contributed by atoms with Crippen LogP contribution in [-0.2, 0) is 0 Å². The molecule has 0 bridgehead atoms. The van der Waals surface area contributed by atoms with Gasteiger partial charge < -0.3 is 10.6 Å². The van der Waals surface area contributed by atoms with E-state index in [-0.39, 0.29) is 0 Å². The van der Waals surface area contributed by atoms with E-state index in [2.05, 4.69) is 73.9 Å². The van der Waals surface area contributed by atoms with Gasteiger partial charge in [0, 0.05) is 23.1 Å². The standard InChI is InChI=1S/C17H22N2/c1-4-14(3)18-15-9-11-16(12-10-15)19-17-8-6-5-7-13(17)2/h5-12,14,18-19H,4H2,1-3H3. The van der Waals surface area contributed by atoms with Gasteiger partial charge in [0.15, 0.2) is 0 Å². The summed E-state index contributed by atoms with van der Waals surface area (Å²) in [5, 5.41) is 6.91. The molecule has 0 fully saturated rings. The van der Waals surface area contributed by atoms with Crippen molar-refractivity contribution in [1.29, 1.82) is 0 Å². The maximum absolute atomic E-state index is 3.47. The number of hydrogen-bond acceptors (Lipinski definition) is 2. The predicted molar refractivity (Wildman–Crippen MR) is 84.3 cm³/mol. The molecule has 0 aliphatic heterocycles. The molecule has 0 spiro atoms. The Morgan fingerprint density at radius 2 is 1.58 bits per heavy atom. The van der Waals surface area contributed by atoms with Gasteiger partial charge in [-0.2, -0.15) is 0 Å².